The quantitative estimate of drug-likeness (QED) is 0.148. The SMILES string of the molecule is C#C[C@H]1[C@@H]2Cc3cc(C)c(OC)c(OCC=C)c3[C@@H]([C@@H]3[C@@H]4SC[C@H](NC(=O)OCC=C)C(=O)OC[C@@H](c5c6c(c(CC)c(OC(C)=O)c54)OCO6)N31)N2CC. The highest BCUT2D eigenvalue weighted by molar-refractivity contribution is 7.99. The minimum atomic E-state index is -1.06. The van der Waals surface area contributed by atoms with Gasteiger partial charge in [0.1, 0.15) is 31.6 Å². The molecule has 0 aromatic heterocycles. The number of carbonyl (C=O) groups is 3. The lowest BCUT2D eigenvalue weighted by Gasteiger charge is -2.63. The Labute approximate surface area is 325 Å². The van der Waals surface area contributed by atoms with Gasteiger partial charge < -0.3 is 38.5 Å². The number of nitrogens with one attached hydrogen (secondary N) is 1. The topological polar surface area (TPSA) is 134 Å². The Morgan fingerprint density at radius 2 is 1.85 bits per heavy atom. The van der Waals surface area contributed by atoms with Crippen LogP contribution in [0.15, 0.2) is 31.4 Å². The second-order valence-electron chi connectivity index (χ2n) is 14.0. The average molecular weight is 774 g/mol. The van der Waals surface area contributed by atoms with Gasteiger partial charge >= 0.3 is 18.0 Å². The number of amides is 1. The van der Waals surface area contributed by atoms with E-state index in [4.69, 9.17) is 39.6 Å². The zero-order valence-electron chi connectivity index (χ0n) is 31.8. The van der Waals surface area contributed by atoms with Gasteiger partial charge in [-0.2, -0.15) is 0 Å². The molecule has 1 amide bonds. The van der Waals surface area contributed by atoms with E-state index in [1.807, 2.05) is 13.8 Å². The van der Waals surface area contributed by atoms with Gasteiger partial charge in [-0.3, -0.25) is 14.6 Å². The highest BCUT2D eigenvalue weighted by Gasteiger charge is 2.61. The van der Waals surface area contributed by atoms with Gasteiger partial charge in [-0.05, 0) is 37.4 Å². The first-order valence-corrected chi connectivity index (χ1v) is 19.6. The van der Waals surface area contributed by atoms with Crippen molar-refractivity contribution in [1.82, 2.24) is 15.1 Å². The molecule has 7 atom stereocenters. The Morgan fingerprint density at radius 3 is 2.53 bits per heavy atom. The van der Waals surface area contributed by atoms with Gasteiger partial charge in [0.25, 0.3) is 0 Å². The summed E-state index contributed by atoms with van der Waals surface area (Å²) in [5.41, 5.74) is 5.15. The third-order valence-corrected chi connectivity index (χ3v) is 12.5. The maximum absolute atomic E-state index is 13.8. The highest BCUT2D eigenvalue weighted by atomic mass is 32.2. The third kappa shape index (κ3) is 6.36. The summed E-state index contributed by atoms with van der Waals surface area (Å²) in [7, 11) is 1.64. The molecule has 2 fully saturated rings. The van der Waals surface area contributed by atoms with E-state index in [9.17, 15) is 14.4 Å². The number of rotatable bonds is 10. The number of methoxy groups -OCH3 is 1. The van der Waals surface area contributed by atoms with Crippen LogP contribution in [0, 0.1) is 19.3 Å². The van der Waals surface area contributed by atoms with Crippen molar-refractivity contribution in [1.29, 1.82) is 0 Å². The fraction of sp³-hybridized carbons (Fsp3) is 0.488. The maximum Gasteiger partial charge on any atom is 0.408 e. The number of hydrogen-bond donors (Lipinski definition) is 1. The molecular weight excluding hydrogens is 727 g/mol. The molecule has 0 aliphatic carbocycles. The summed E-state index contributed by atoms with van der Waals surface area (Å²) >= 11 is 1.45. The van der Waals surface area contributed by atoms with Crippen LogP contribution in [-0.2, 0) is 31.9 Å². The number of alkyl carbamates (subject to hydrolysis) is 1. The molecule has 0 spiro atoms. The number of piperazine rings is 1. The number of esters is 2. The van der Waals surface area contributed by atoms with Crippen LogP contribution >= 0.6 is 11.8 Å². The van der Waals surface area contributed by atoms with E-state index >= 15 is 0 Å². The molecule has 292 valence electrons. The first-order valence-electron chi connectivity index (χ1n) is 18.6. The van der Waals surface area contributed by atoms with E-state index in [1.165, 1.54) is 24.8 Å². The van der Waals surface area contributed by atoms with Crippen molar-refractivity contribution >= 4 is 29.8 Å². The zero-order chi connectivity index (χ0) is 39.1. The lowest BCUT2D eigenvalue weighted by Crippen LogP contribution is -2.70. The molecule has 0 saturated carbocycles. The van der Waals surface area contributed by atoms with Gasteiger partial charge in [-0.25, -0.2) is 9.59 Å². The summed E-state index contributed by atoms with van der Waals surface area (Å²) in [4.78, 5) is 44.4. The number of ether oxygens (including phenoxy) is 7. The summed E-state index contributed by atoms with van der Waals surface area (Å²) in [6.45, 7) is 15.7. The van der Waals surface area contributed by atoms with Crippen molar-refractivity contribution in [3.05, 3.63) is 64.8 Å². The van der Waals surface area contributed by atoms with Gasteiger partial charge in [0.15, 0.2) is 23.0 Å². The molecule has 0 unspecified atom stereocenters. The zero-order valence-corrected chi connectivity index (χ0v) is 32.6. The molecule has 2 aromatic rings. The maximum atomic E-state index is 13.8. The Balaban J connectivity index is 1.53. The Kier molecular flexibility index (Phi) is 11.0. The standard InChI is InChI=1S/C41H47N3O10S/c1-9-14-49-37-29-23(16-21(6)34(37)48-8)17-27-26(12-4)44-28-18-51-40(46)25(42-41(47)50-15-10-2)19-55-39(33(44)32(29)43(27)13-5)31-30(28)38-36(52-20-53-38)24(11-3)35(31)54-22(7)45/h4,9-10,16,25-28,32-33,39H,1-2,11,13-15,17-20H2,3,5-8H3,(H,42,47)/t25-,26-,27-,28-,32-,33+,39+/m0/s1. The molecule has 0 radical (unpaired) electrons. The Bertz CT molecular complexity index is 1960. The normalized spacial score (nSPS) is 26.3. The van der Waals surface area contributed by atoms with Gasteiger partial charge in [0.05, 0.1) is 30.5 Å². The van der Waals surface area contributed by atoms with Gasteiger partial charge in [0.2, 0.25) is 6.79 Å². The molecule has 2 aromatic carbocycles. The number of likely N-dealkylation sites (N-methyl/N-ethyl adjacent to an activating group) is 1. The predicted molar refractivity (Wildman–Crippen MR) is 205 cm³/mol. The number of thioether (sulfide) groups is 1. The molecule has 7 rings (SSSR count). The molecule has 13 nitrogen and oxygen atoms in total. The average Bonchev–Trinajstić information content (AvgIpc) is 3.65. The van der Waals surface area contributed by atoms with Crippen molar-refractivity contribution in [2.45, 2.75) is 82.0 Å². The van der Waals surface area contributed by atoms with Crippen LogP contribution in [0.2, 0.25) is 0 Å². The number of fused-ring (bicyclic) bond motifs is 9. The van der Waals surface area contributed by atoms with E-state index < -0.39 is 47.4 Å². The summed E-state index contributed by atoms with van der Waals surface area (Å²) in [6.07, 6.45) is 10.1. The smallest absolute Gasteiger partial charge is 0.408 e. The minimum Gasteiger partial charge on any atom is -0.493 e. The highest BCUT2D eigenvalue weighted by Crippen LogP contribution is 2.64. The fourth-order valence-electron chi connectivity index (χ4n) is 9.19. The van der Waals surface area contributed by atoms with Crippen molar-refractivity contribution in [2.75, 3.05) is 46.0 Å². The number of terminal acetylenes is 1. The monoisotopic (exact) mass is 773 g/mol. The molecule has 5 heterocycles. The first-order chi connectivity index (χ1) is 26.6. The summed E-state index contributed by atoms with van der Waals surface area (Å²) in [5, 5.41) is 2.19. The summed E-state index contributed by atoms with van der Waals surface area (Å²) in [5.74, 6) is 4.80. The number of benzene rings is 2. The van der Waals surface area contributed by atoms with E-state index in [-0.39, 0.29) is 44.5 Å². The lowest BCUT2D eigenvalue weighted by atomic mass is 9.71. The fourth-order valence-corrected chi connectivity index (χ4v) is 10.7. The van der Waals surface area contributed by atoms with Gasteiger partial charge in [-0.1, -0.05) is 51.1 Å². The van der Waals surface area contributed by atoms with E-state index in [0.717, 1.165) is 22.3 Å². The van der Waals surface area contributed by atoms with Crippen molar-refractivity contribution in [2.24, 2.45) is 0 Å². The van der Waals surface area contributed by atoms with Crippen LogP contribution in [-0.4, -0.2) is 98.0 Å². The number of cyclic esters (lactones) is 1. The summed E-state index contributed by atoms with van der Waals surface area (Å²) in [6, 6.07) is -0.882. The minimum absolute atomic E-state index is 0.0314. The number of nitrogens with zero attached hydrogens (tertiary/aromatic N) is 2. The van der Waals surface area contributed by atoms with Gasteiger partial charge in [-0.15, -0.1) is 18.2 Å². The van der Waals surface area contributed by atoms with Crippen LogP contribution < -0.4 is 29.0 Å². The van der Waals surface area contributed by atoms with Crippen LogP contribution in [0.1, 0.15) is 71.5 Å². The second-order valence-corrected chi connectivity index (χ2v) is 15.1. The van der Waals surface area contributed by atoms with E-state index in [0.29, 0.717) is 59.3 Å². The molecule has 5 aliphatic rings. The second kappa shape index (κ2) is 15.7. The van der Waals surface area contributed by atoms with Crippen LogP contribution in [0.25, 0.3) is 0 Å². The van der Waals surface area contributed by atoms with Crippen LogP contribution in [0.4, 0.5) is 4.79 Å². The molecule has 1 N–H and O–H groups in total. The van der Waals surface area contributed by atoms with E-state index in [1.54, 1.807) is 13.2 Å². The number of carbonyl (C=O) groups excluding carboxylic acids is 3. The lowest BCUT2D eigenvalue weighted by molar-refractivity contribution is -0.151. The molecule has 55 heavy (non-hydrogen) atoms. The predicted octanol–water partition coefficient (Wildman–Crippen LogP) is 5.13. The molecule has 5 aliphatic heterocycles. The van der Waals surface area contributed by atoms with Gasteiger partial charge in [0, 0.05) is 47.0 Å². The van der Waals surface area contributed by atoms with Crippen molar-refractivity contribution in [3.63, 3.8) is 0 Å². The largest absolute Gasteiger partial charge is 0.493 e. The third-order valence-electron chi connectivity index (χ3n) is 11.1. The molecule has 2 saturated heterocycles. The number of hydrogen-bond acceptors (Lipinski definition) is 13. The van der Waals surface area contributed by atoms with Crippen LogP contribution in [0.3, 0.4) is 0 Å². The summed E-state index contributed by atoms with van der Waals surface area (Å²) < 4.78 is 42.5. The first kappa shape index (κ1) is 38.4. The molecule has 14 heteroatoms. The molecule has 4 bridgehead atoms. The van der Waals surface area contributed by atoms with Crippen molar-refractivity contribution < 1.29 is 47.5 Å². The Morgan fingerprint density at radius 1 is 1.09 bits per heavy atom. The molecular formula is C41H47N3O10S. The van der Waals surface area contributed by atoms with Crippen LogP contribution in [0.5, 0.6) is 28.7 Å². The Hall–Kier alpha value is -4.84. The number of aryl methyl sites for hydroxylation is 1. The van der Waals surface area contributed by atoms with Crippen molar-refractivity contribution in [3.8, 4) is 41.1 Å². The van der Waals surface area contributed by atoms with E-state index in [2.05, 4.69) is 47.2 Å².